The first-order valence-electron chi connectivity index (χ1n) is 7.13. The molecular formula is C16H23N3. The molecule has 1 N–H and O–H groups in total. The van der Waals surface area contributed by atoms with Gasteiger partial charge in [0.05, 0.1) is 12.7 Å². The second kappa shape index (κ2) is 7.10. The smallest absolute Gasteiger partial charge is 0.0662 e. The second-order valence-corrected chi connectivity index (χ2v) is 4.79. The molecule has 0 aliphatic carbocycles. The van der Waals surface area contributed by atoms with E-state index in [9.17, 15) is 0 Å². The predicted molar refractivity (Wildman–Crippen MR) is 79.1 cm³/mol. The molecule has 0 amide bonds. The normalized spacial score (nSPS) is 10.8. The predicted octanol–water partition coefficient (Wildman–Crippen LogP) is 2.99. The average molecular weight is 257 g/mol. The topological polar surface area (TPSA) is 29.9 Å². The summed E-state index contributed by atoms with van der Waals surface area (Å²) >= 11 is 0. The first kappa shape index (κ1) is 13.8. The van der Waals surface area contributed by atoms with E-state index >= 15 is 0 Å². The number of nitrogens with one attached hydrogen (secondary N) is 1. The minimum absolute atomic E-state index is 0.863. The highest BCUT2D eigenvalue weighted by Crippen LogP contribution is 2.13. The van der Waals surface area contributed by atoms with Gasteiger partial charge in [-0.25, -0.2) is 0 Å². The van der Waals surface area contributed by atoms with Crippen LogP contribution in [0.5, 0.6) is 0 Å². The minimum atomic E-state index is 0.863. The number of rotatable bonds is 7. The van der Waals surface area contributed by atoms with Crippen molar-refractivity contribution in [3.05, 3.63) is 53.3 Å². The van der Waals surface area contributed by atoms with Gasteiger partial charge in [-0.05, 0) is 18.5 Å². The summed E-state index contributed by atoms with van der Waals surface area (Å²) in [5.41, 5.74) is 4.00. The van der Waals surface area contributed by atoms with Gasteiger partial charge in [-0.3, -0.25) is 4.68 Å². The first-order chi connectivity index (χ1) is 9.35. The number of nitrogens with zero attached hydrogens (tertiary/aromatic N) is 2. The van der Waals surface area contributed by atoms with E-state index in [1.165, 1.54) is 16.8 Å². The zero-order valence-corrected chi connectivity index (χ0v) is 11.9. The summed E-state index contributed by atoms with van der Waals surface area (Å²) in [4.78, 5) is 0. The molecule has 1 aromatic heterocycles. The van der Waals surface area contributed by atoms with E-state index in [4.69, 9.17) is 0 Å². The molecule has 0 saturated heterocycles. The molecule has 1 aromatic carbocycles. The third-order valence-electron chi connectivity index (χ3n) is 3.26. The Balaban J connectivity index is 2.17. The van der Waals surface area contributed by atoms with Gasteiger partial charge in [0.25, 0.3) is 0 Å². The number of aromatic nitrogens is 2. The Kier molecular flexibility index (Phi) is 5.16. The second-order valence-electron chi connectivity index (χ2n) is 4.79. The van der Waals surface area contributed by atoms with E-state index < -0.39 is 0 Å². The fourth-order valence-corrected chi connectivity index (χ4v) is 2.28. The van der Waals surface area contributed by atoms with Crippen LogP contribution in [0.15, 0.2) is 36.5 Å². The summed E-state index contributed by atoms with van der Waals surface area (Å²) in [5.74, 6) is 0. The number of benzene rings is 1. The highest BCUT2D eigenvalue weighted by atomic mass is 15.3. The number of hydrogen-bond acceptors (Lipinski definition) is 2. The SMILES string of the molecule is CCCc1c(CNCC)cnn1Cc1ccccc1. The van der Waals surface area contributed by atoms with Crippen molar-refractivity contribution in [1.82, 2.24) is 15.1 Å². The largest absolute Gasteiger partial charge is 0.313 e. The van der Waals surface area contributed by atoms with Crippen LogP contribution in [-0.2, 0) is 19.5 Å². The molecule has 0 atom stereocenters. The summed E-state index contributed by atoms with van der Waals surface area (Å²) in [6, 6.07) is 10.5. The van der Waals surface area contributed by atoms with E-state index in [0.29, 0.717) is 0 Å². The van der Waals surface area contributed by atoms with E-state index in [1.807, 2.05) is 6.20 Å². The van der Waals surface area contributed by atoms with Crippen LogP contribution in [0.3, 0.4) is 0 Å². The molecule has 3 heteroatoms. The maximum absolute atomic E-state index is 4.56. The van der Waals surface area contributed by atoms with E-state index in [0.717, 1.165) is 32.5 Å². The molecule has 19 heavy (non-hydrogen) atoms. The van der Waals surface area contributed by atoms with Crippen molar-refractivity contribution in [2.45, 2.75) is 39.8 Å². The molecule has 0 unspecified atom stereocenters. The van der Waals surface area contributed by atoms with Crippen LogP contribution < -0.4 is 5.32 Å². The molecule has 0 radical (unpaired) electrons. The fraction of sp³-hybridized carbons (Fsp3) is 0.438. The summed E-state index contributed by atoms with van der Waals surface area (Å²) in [5, 5.41) is 7.95. The third kappa shape index (κ3) is 3.67. The summed E-state index contributed by atoms with van der Waals surface area (Å²) in [7, 11) is 0. The Morgan fingerprint density at radius 2 is 1.95 bits per heavy atom. The summed E-state index contributed by atoms with van der Waals surface area (Å²) in [6.07, 6.45) is 4.25. The summed E-state index contributed by atoms with van der Waals surface area (Å²) in [6.45, 7) is 7.13. The van der Waals surface area contributed by atoms with Crippen molar-refractivity contribution in [2.75, 3.05) is 6.54 Å². The maximum atomic E-state index is 4.56. The lowest BCUT2D eigenvalue weighted by atomic mass is 10.1. The van der Waals surface area contributed by atoms with Gasteiger partial charge in [0.15, 0.2) is 0 Å². The van der Waals surface area contributed by atoms with Crippen LogP contribution in [-0.4, -0.2) is 16.3 Å². The van der Waals surface area contributed by atoms with Crippen LogP contribution in [0.1, 0.15) is 37.1 Å². The van der Waals surface area contributed by atoms with E-state index in [1.54, 1.807) is 0 Å². The lowest BCUT2D eigenvalue weighted by Crippen LogP contribution is -2.14. The monoisotopic (exact) mass is 257 g/mol. The Hall–Kier alpha value is -1.61. The van der Waals surface area contributed by atoms with Gasteiger partial charge < -0.3 is 5.32 Å². The van der Waals surface area contributed by atoms with Crippen molar-refractivity contribution in [3.8, 4) is 0 Å². The first-order valence-corrected chi connectivity index (χ1v) is 7.13. The maximum Gasteiger partial charge on any atom is 0.0662 e. The highest BCUT2D eigenvalue weighted by molar-refractivity contribution is 5.21. The minimum Gasteiger partial charge on any atom is -0.313 e. The Morgan fingerprint density at radius 1 is 1.16 bits per heavy atom. The van der Waals surface area contributed by atoms with Crippen LogP contribution in [0.2, 0.25) is 0 Å². The van der Waals surface area contributed by atoms with Crippen molar-refractivity contribution in [1.29, 1.82) is 0 Å². The molecule has 0 aliphatic rings. The molecular weight excluding hydrogens is 234 g/mol. The molecule has 0 aliphatic heterocycles. The molecule has 1 heterocycles. The van der Waals surface area contributed by atoms with E-state index in [-0.39, 0.29) is 0 Å². The standard InChI is InChI=1S/C16H23N3/c1-3-8-16-15(11-17-4-2)12-18-19(16)13-14-9-6-5-7-10-14/h5-7,9-10,12,17H,3-4,8,11,13H2,1-2H3. The number of hydrogen-bond donors (Lipinski definition) is 1. The molecule has 0 fully saturated rings. The molecule has 3 nitrogen and oxygen atoms in total. The van der Waals surface area contributed by atoms with Gasteiger partial charge >= 0.3 is 0 Å². The van der Waals surface area contributed by atoms with Gasteiger partial charge in [0.2, 0.25) is 0 Å². The third-order valence-corrected chi connectivity index (χ3v) is 3.26. The van der Waals surface area contributed by atoms with E-state index in [2.05, 4.69) is 59.3 Å². The lowest BCUT2D eigenvalue weighted by molar-refractivity contribution is 0.630. The molecule has 0 spiro atoms. The Morgan fingerprint density at radius 3 is 2.63 bits per heavy atom. The van der Waals surface area contributed by atoms with Crippen molar-refractivity contribution in [2.24, 2.45) is 0 Å². The zero-order valence-electron chi connectivity index (χ0n) is 11.9. The fourth-order valence-electron chi connectivity index (χ4n) is 2.28. The van der Waals surface area contributed by atoms with Gasteiger partial charge in [0.1, 0.15) is 0 Å². The van der Waals surface area contributed by atoms with Gasteiger partial charge in [-0.15, -0.1) is 0 Å². The molecule has 0 saturated carbocycles. The quantitative estimate of drug-likeness (QED) is 0.826. The van der Waals surface area contributed by atoms with Crippen LogP contribution in [0.4, 0.5) is 0 Å². The molecule has 0 bridgehead atoms. The van der Waals surface area contributed by atoms with Gasteiger partial charge in [-0.2, -0.15) is 5.10 Å². The highest BCUT2D eigenvalue weighted by Gasteiger charge is 2.09. The van der Waals surface area contributed by atoms with Gasteiger partial charge in [-0.1, -0.05) is 50.6 Å². The Bertz CT molecular complexity index is 488. The molecule has 2 rings (SSSR count). The van der Waals surface area contributed by atoms with Gasteiger partial charge in [0, 0.05) is 17.8 Å². The van der Waals surface area contributed by atoms with Crippen LogP contribution in [0.25, 0.3) is 0 Å². The zero-order chi connectivity index (χ0) is 13.5. The van der Waals surface area contributed by atoms with Crippen molar-refractivity contribution < 1.29 is 0 Å². The van der Waals surface area contributed by atoms with Crippen molar-refractivity contribution in [3.63, 3.8) is 0 Å². The van der Waals surface area contributed by atoms with Crippen LogP contribution in [0, 0.1) is 0 Å². The molecule has 102 valence electrons. The molecule has 2 aromatic rings. The lowest BCUT2D eigenvalue weighted by Gasteiger charge is -2.09. The van der Waals surface area contributed by atoms with Crippen molar-refractivity contribution >= 4 is 0 Å². The average Bonchev–Trinajstić information content (AvgIpc) is 2.81. The summed E-state index contributed by atoms with van der Waals surface area (Å²) < 4.78 is 2.14. The van der Waals surface area contributed by atoms with Crippen LogP contribution >= 0.6 is 0 Å². The Labute approximate surface area is 115 Å².